The van der Waals surface area contributed by atoms with Crippen LogP contribution < -0.4 is 5.32 Å². The summed E-state index contributed by atoms with van der Waals surface area (Å²) in [5.74, 6) is 3.71. The first-order valence-corrected chi connectivity index (χ1v) is 9.77. The van der Waals surface area contributed by atoms with Crippen molar-refractivity contribution in [3.8, 4) is 0 Å². The summed E-state index contributed by atoms with van der Waals surface area (Å²) in [5.41, 5.74) is 0. The average Bonchev–Trinajstić information content (AvgIpc) is 2.97. The molecule has 0 spiro atoms. The lowest BCUT2D eigenvalue weighted by Gasteiger charge is -2.17. The van der Waals surface area contributed by atoms with Crippen LogP contribution in [0, 0.1) is 5.92 Å². The number of aliphatic hydroxyl groups is 1. The number of thioether (sulfide) groups is 2. The summed E-state index contributed by atoms with van der Waals surface area (Å²) in [6, 6.07) is 0.269. The number of nitrogens with one attached hydrogen (secondary N) is 1. The summed E-state index contributed by atoms with van der Waals surface area (Å²) in [5, 5.41) is 13.2. The van der Waals surface area contributed by atoms with E-state index in [-0.39, 0.29) is 24.8 Å². The molecule has 4 atom stereocenters. The second kappa shape index (κ2) is 8.50. The zero-order valence-corrected chi connectivity index (χ0v) is 14.4. The maximum absolute atomic E-state index is 11.2. The number of likely N-dealkylation sites (N-methyl/N-ethyl adjacent to an activating group) is 1. The third kappa shape index (κ3) is 4.94. The van der Waals surface area contributed by atoms with Gasteiger partial charge in [-0.3, -0.25) is 0 Å². The third-order valence-corrected chi connectivity index (χ3v) is 6.86. The molecule has 2 heterocycles. The van der Waals surface area contributed by atoms with Crippen LogP contribution in [0.4, 0.5) is 4.79 Å². The van der Waals surface area contributed by atoms with E-state index in [9.17, 15) is 9.90 Å². The highest BCUT2D eigenvalue weighted by Gasteiger charge is 2.31. The fraction of sp³-hybridized carbons (Fsp3) is 0.929. The van der Waals surface area contributed by atoms with Gasteiger partial charge in [-0.25, -0.2) is 4.79 Å². The Balaban J connectivity index is 1.48. The van der Waals surface area contributed by atoms with Gasteiger partial charge in [-0.2, -0.15) is 23.5 Å². The molecular formula is C14H26N2O3S2. The van der Waals surface area contributed by atoms with Crippen molar-refractivity contribution in [3.05, 3.63) is 0 Å². The number of amides is 1. The minimum absolute atomic E-state index is 0.0597. The molecule has 2 rings (SSSR count). The largest absolute Gasteiger partial charge is 0.443 e. The molecule has 0 bridgehead atoms. The van der Waals surface area contributed by atoms with Crippen LogP contribution in [-0.4, -0.2) is 77.5 Å². The molecule has 1 amide bonds. The number of hydrogen-bond donors (Lipinski definition) is 2. The first kappa shape index (κ1) is 17.2. The Morgan fingerprint density at radius 1 is 1.48 bits per heavy atom. The number of carbonyl (C=O) groups is 1. The van der Waals surface area contributed by atoms with E-state index in [0.29, 0.717) is 17.7 Å². The van der Waals surface area contributed by atoms with Crippen LogP contribution in [0.3, 0.4) is 0 Å². The lowest BCUT2D eigenvalue weighted by molar-refractivity contribution is 0.142. The summed E-state index contributed by atoms with van der Waals surface area (Å²) in [4.78, 5) is 12.8. The summed E-state index contributed by atoms with van der Waals surface area (Å²) in [7, 11) is 1.78. The molecule has 21 heavy (non-hydrogen) atoms. The number of nitrogens with zero attached hydrogens (tertiary/aromatic N) is 1. The van der Waals surface area contributed by atoms with Gasteiger partial charge in [-0.05, 0) is 23.8 Å². The molecule has 5 nitrogen and oxygen atoms in total. The Morgan fingerprint density at radius 2 is 2.29 bits per heavy atom. The highest BCUT2D eigenvalue weighted by atomic mass is 32.2. The van der Waals surface area contributed by atoms with Crippen LogP contribution in [0.2, 0.25) is 0 Å². The quantitative estimate of drug-likeness (QED) is 0.652. The van der Waals surface area contributed by atoms with Crippen molar-refractivity contribution in [3.63, 3.8) is 0 Å². The van der Waals surface area contributed by atoms with Gasteiger partial charge >= 0.3 is 6.09 Å². The summed E-state index contributed by atoms with van der Waals surface area (Å²) < 4.78 is 5.23. The molecule has 0 aromatic heterocycles. The van der Waals surface area contributed by atoms with E-state index in [2.05, 4.69) is 12.2 Å². The molecule has 2 aliphatic rings. The molecule has 0 aliphatic carbocycles. The van der Waals surface area contributed by atoms with Gasteiger partial charge in [-0.15, -0.1) is 0 Å². The lowest BCUT2D eigenvalue weighted by atomic mass is 10.0. The van der Waals surface area contributed by atoms with Crippen LogP contribution in [0.5, 0.6) is 0 Å². The second-order valence-electron chi connectivity index (χ2n) is 5.78. The van der Waals surface area contributed by atoms with Crippen molar-refractivity contribution in [1.29, 1.82) is 0 Å². The fourth-order valence-electron chi connectivity index (χ4n) is 2.69. The molecular weight excluding hydrogens is 308 g/mol. The van der Waals surface area contributed by atoms with E-state index in [1.807, 2.05) is 23.5 Å². The van der Waals surface area contributed by atoms with E-state index in [4.69, 9.17) is 4.74 Å². The molecule has 2 fully saturated rings. The molecule has 4 unspecified atom stereocenters. The van der Waals surface area contributed by atoms with Gasteiger partial charge in [0.1, 0.15) is 6.10 Å². The van der Waals surface area contributed by atoms with E-state index >= 15 is 0 Å². The van der Waals surface area contributed by atoms with E-state index in [1.165, 1.54) is 6.42 Å². The van der Waals surface area contributed by atoms with Crippen LogP contribution in [0.1, 0.15) is 13.3 Å². The zero-order chi connectivity index (χ0) is 15.2. The number of rotatable bonds is 8. The molecule has 2 saturated heterocycles. The molecule has 0 aromatic carbocycles. The number of ether oxygens (including phenoxy) is 1. The SMILES string of the molecule is CC1C(CO)NCC1SCCCSCC1CN(C)C(=O)O1. The smallest absolute Gasteiger partial charge is 0.409 e. The fourth-order valence-corrected chi connectivity index (χ4v) is 5.14. The van der Waals surface area contributed by atoms with Crippen molar-refractivity contribution in [2.45, 2.75) is 30.7 Å². The normalized spacial score (nSPS) is 32.7. The summed E-state index contributed by atoms with van der Waals surface area (Å²) in [6.07, 6.45) is 1.04. The number of cyclic esters (lactones) is 1. The third-order valence-electron chi connectivity index (χ3n) is 4.12. The molecule has 7 heteroatoms. The maximum Gasteiger partial charge on any atom is 0.409 e. The van der Waals surface area contributed by atoms with E-state index < -0.39 is 0 Å². The molecule has 0 aromatic rings. The Morgan fingerprint density at radius 3 is 2.90 bits per heavy atom. The molecule has 122 valence electrons. The Hall–Kier alpha value is -0.110. The van der Waals surface area contributed by atoms with Crippen molar-refractivity contribution >= 4 is 29.6 Å². The van der Waals surface area contributed by atoms with Crippen molar-refractivity contribution < 1.29 is 14.6 Å². The van der Waals surface area contributed by atoms with Crippen LogP contribution >= 0.6 is 23.5 Å². The minimum Gasteiger partial charge on any atom is -0.443 e. The Kier molecular flexibility index (Phi) is 6.98. The van der Waals surface area contributed by atoms with E-state index in [1.54, 1.807) is 11.9 Å². The Bertz CT molecular complexity index is 346. The number of aliphatic hydroxyl groups excluding tert-OH is 1. The monoisotopic (exact) mass is 334 g/mol. The first-order chi connectivity index (χ1) is 10.1. The Labute approximate surface area is 135 Å². The van der Waals surface area contributed by atoms with Crippen LogP contribution in [0.15, 0.2) is 0 Å². The van der Waals surface area contributed by atoms with Crippen LogP contribution in [-0.2, 0) is 4.74 Å². The highest BCUT2D eigenvalue weighted by molar-refractivity contribution is 8.00. The van der Waals surface area contributed by atoms with Gasteiger partial charge in [-0.1, -0.05) is 6.92 Å². The minimum atomic E-state index is -0.197. The zero-order valence-electron chi connectivity index (χ0n) is 12.8. The molecule has 0 saturated carbocycles. The van der Waals surface area contributed by atoms with Gasteiger partial charge in [0.25, 0.3) is 0 Å². The number of carbonyl (C=O) groups excluding carboxylic acids is 1. The van der Waals surface area contributed by atoms with Gasteiger partial charge in [0.2, 0.25) is 0 Å². The predicted octanol–water partition coefficient (Wildman–Crippen LogP) is 1.26. The summed E-state index contributed by atoms with van der Waals surface area (Å²) >= 11 is 3.88. The number of hydrogen-bond acceptors (Lipinski definition) is 6. The van der Waals surface area contributed by atoms with Crippen molar-refractivity contribution in [1.82, 2.24) is 10.2 Å². The molecule has 2 N–H and O–H groups in total. The second-order valence-corrected chi connectivity index (χ2v) is 8.28. The highest BCUT2D eigenvalue weighted by Crippen LogP contribution is 2.27. The van der Waals surface area contributed by atoms with E-state index in [0.717, 1.165) is 23.8 Å². The lowest BCUT2D eigenvalue weighted by Crippen LogP contribution is -2.29. The van der Waals surface area contributed by atoms with Gasteiger partial charge in [0, 0.05) is 30.6 Å². The maximum atomic E-state index is 11.2. The van der Waals surface area contributed by atoms with Gasteiger partial charge in [0.05, 0.1) is 13.2 Å². The van der Waals surface area contributed by atoms with Gasteiger partial charge < -0.3 is 20.1 Å². The topological polar surface area (TPSA) is 61.8 Å². The molecule has 0 radical (unpaired) electrons. The summed E-state index contributed by atoms with van der Waals surface area (Å²) in [6.45, 7) is 4.18. The van der Waals surface area contributed by atoms with Crippen LogP contribution in [0.25, 0.3) is 0 Å². The standard InChI is InChI=1S/C14H26N2O3S2/c1-10-12(8-17)15-6-13(10)21-5-3-4-20-9-11-7-16(2)14(18)19-11/h10-13,15,17H,3-9H2,1-2H3. The first-order valence-electron chi connectivity index (χ1n) is 7.57. The molecule has 2 aliphatic heterocycles. The van der Waals surface area contributed by atoms with Crippen molar-refractivity contribution in [2.24, 2.45) is 5.92 Å². The van der Waals surface area contributed by atoms with Crippen molar-refractivity contribution in [2.75, 3.05) is 44.0 Å². The van der Waals surface area contributed by atoms with Gasteiger partial charge in [0.15, 0.2) is 0 Å². The average molecular weight is 335 g/mol. The predicted molar refractivity (Wildman–Crippen MR) is 89.1 cm³/mol.